The highest BCUT2D eigenvalue weighted by Crippen LogP contribution is 2.52. The van der Waals surface area contributed by atoms with Gasteiger partial charge in [-0.25, -0.2) is 0 Å². The molecule has 18 heavy (non-hydrogen) atoms. The molecule has 2 nitrogen and oxygen atoms in total. The van der Waals surface area contributed by atoms with Gasteiger partial charge >= 0.3 is 0 Å². The van der Waals surface area contributed by atoms with Crippen LogP contribution in [0.3, 0.4) is 0 Å². The van der Waals surface area contributed by atoms with E-state index >= 15 is 0 Å². The standard InChI is InChI=1S/C15H17ClO2/c1-10-4-5-11(16)12(8-10)18-14-9-13(17)15(14)6-2-3-7-15/h4-5,8,14H,2-3,6-7,9H2,1H3. The highest BCUT2D eigenvalue weighted by Gasteiger charge is 2.57. The van der Waals surface area contributed by atoms with Gasteiger partial charge in [0.05, 0.1) is 10.4 Å². The third kappa shape index (κ3) is 1.74. The molecule has 1 aromatic rings. The van der Waals surface area contributed by atoms with Gasteiger partial charge < -0.3 is 4.74 Å². The van der Waals surface area contributed by atoms with Crippen LogP contribution in [0, 0.1) is 12.3 Å². The minimum Gasteiger partial charge on any atom is -0.487 e. The van der Waals surface area contributed by atoms with Crippen LogP contribution >= 0.6 is 11.6 Å². The molecule has 3 rings (SSSR count). The molecule has 0 saturated heterocycles. The maximum Gasteiger partial charge on any atom is 0.146 e. The Morgan fingerprint density at radius 2 is 2.06 bits per heavy atom. The van der Waals surface area contributed by atoms with E-state index in [1.165, 1.54) is 0 Å². The number of hydrogen-bond acceptors (Lipinski definition) is 2. The van der Waals surface area contributed by atoms with Crippen LogP contribution in [0.25, 0.3) is 0 Å². The summed E-state index contributed by atoms with van der Waals surface area (Å²) in [7, 11) is 0. The molecule has 1 spiro atoms. The van der Waals surface area contributed by atoms with Gasteiger partial charge in [-0.2, -0.15) is 0 Å². The molecule has 0 aliphatic heterocycles. The van der Waals surface area contributed by atoms with Gasteiger partial charge in [-0.3, -0.25) is 4.79 Å². The van der Waals surface area contributed by atoms with Crippen molar-refractivity contribution in [2.45, 2.75) is 45.1 Å². The first kappa shape index (κ1) is 12.0. The fraction of sp³-hybridized carbons (Fsp3) is 0.533. The Bertz CT molecular complexity index is 489. The van der Waals surface area contributed by atoms with Crippen LogP contribution in [0.1, 0.15) is 37.7 Å². The average Bonchev–Trinajstić information content (AvgIpc) is 2.85. The van der Waals surface area contributed by atoms with Crippen molar-refractivity contribution in [3.05, 3.63) is 28.8 Å². The first-order valence-corrected chi connectivity index (χ1v) is 6.96. The number of benzene rings is 1. The second kappa shape index (κ2) is 4.27. The lowest BCUT2D eigenvalue weighted by atomic mass is 9.63. The van der Waals surface area contributed by atoms with Crippen molar-refractivity contribution in [3.8, 4) is 5.75 Å². The number of halogens is 1. The smallest absolute Gasteiger partial charge is 0.146 e. The monoisotopic (exact) mass is 264 g/mol. The van der Waals surface area contributed by atoms with Gasteiger partial charge in [0.1, 0.15) is 17.6 Å². The lowest BCUT2D eigenvalue weighted by molar-refractivity contribution is -0.151. The molecule has 0 amide bonds. The lowest BCUT2D eigenvalue weighted by Gasteiger charge is -2.44. The molecule has 3 heteroatoms. The highest BCUT2D eigenvalue weighted by atomic mass is 35.5. The van der Waals surface area contributed by atoms with Crippen molar-refractivity contribution >= 4 is 17.4 Å². The van der Waals surface area contributed by atoms with E-state index in [0.29, 0.717) is 17.2 Å². The van der Waals surface area contributed by atoms with E-state index < -0.39 is 0 Å². The molecule has 2 fully saturated rings. The van der Waals surface area contributed by atoms with Crippen molar-refractivity contribution in [3.63, 3.8) is 0 Å². The van der Waals surface area contributed by atoms with Crippen molar-refractivity contribution in [2.24, 2.45) is 5.41 Å². The predicted octanol–water partition coefficient (Wildman–Crippen LogP) is 3.93. The molecule has 0 aromatic heterocycles. The topological polar surface area (TPSA) is 26.3 Å². The highest BCUT2D eigenvalue weighted by molar-refractivity contribution is 6.32. The molecule has 2 saturated carbocycles. The second-order valence-electron chi connectivity index (χ2n) is 5.53. The Morgan fingerprint density at radius 1 is 1.33 bits per heavy atom. The summed E-state index contributed by atoms with van der Waals surface area (Å²) in [6.45, 7) is 2.01. The van der Waals surface area contributed by atoms with Gasteiger partial charge in [0.25, 0.3) is 0 Å². The van der Waals surface area contributed by atoms with Gasteiger partial charge in [0.2, 0.25) is 0 Å². The van der Waals surface area contributed by atoms with E-state index in [9.17, 15) is 4.79 Å². The van der Waals surface area contributed by atoms with Crippen molar-refractivity contribution in [1.29, 1.82) is 0 Å². The molecule has 0 radical (unpaired) electrons. The van der Waals surface area contributed by atoms with Crippen LogP contribution in [-0.2, 0) is 4.79 Å². The summed E-state index contributed by atoms with van der Waals surface area (Å²) in [5.74, 6) is 1.11. The summed E-state index contributed by atoms with van der Waals surface area (Å²) in [5.41, 5.74) is 0.938. The van der Waals surface area contributed by atoms with Crippen LogP contribution in [0.5, 0.6) is 5.75 Å². The summed E-state index contributed by atoms with van der Waals surface area (Å²) in [5, 5.41) is 0.632. The minimum atomic E-state index is -0.187. The van der Waals surface area contributed by atoms with Gasteiger partial charge in [-0.05, 0) is 37.5 Å². The van der Waals surface area contributed by atoms with Gasteiger partial charge in [-0.15, -0.1) is 0 Å². The molecule has 0 bridgehead atoms. The number of hydrogen-bond donors (Lipinski definition) is 0. The van der Waals surface area contributed by atoms with Crippen molar-refractivity contribution in [1.82, 2.24) is 0 Å². The van der Waals surface area contributed by atoms with Crippen LogP contribution < -0.4 is 4.74 Å². The summed E-state index contributed by atoms with van der Waals surface area (Å²) in [4.78, 5) is 11.9. The number of carbonyl (C=O) groups excluding carboxylic acids is 1. The van der Waals surface area contributed by atoms with Crippen LogP contribution in [0.4, 0.5) is 0 Å². The zero-order chi connectivity index (χ0) is 12.8. The predicted molar refractivity (Wildman–Crippen MR) is 71.1 cm³/mol. The first-order valence-electron chi connectivity index (χ1n) is 6.58. The van der Waals surface area contributed by atoms with E-state index in [1.54, 1.807) is 0 Å². The van der Waals surface area contributed by atoms with Gasteiger partial charge in [0.15, 0.2) is 0 Å². The van der Waals surface area contributed by atoms with E-state index in [4.69, 9.17) is 16.3 Å². The minimum absolute atomic E-state index is 0.0341. The van der Waals surface area contributed by atoms with Crippen molar-refractivity contribution < 1.29 is 9.53 Å². The molecule has 2 aliphatic rings. The molecule has 1 atom stereocenters. The molecular formula is C15H17ClO2. The number of aryl methyl sites for hydroxylation is 1. The molecule has 0 heterocycles. The fourth-order valence-corrected chi connectivity index (χ4v) is 3.39. The lowest BCUT2D eigenvalue weighted by Crippen LogP contribution is -2.55. The second-order valence-corrected chi connectivity index (χ2v) is 5.94. The zero-order valence-electron chi connectivity index (χ0n) is 10.5. The molecule has 2 aliphatic carbocycles. The number of Topliss-reactive ketones (excluding diaryl/α,β-unsaturated/α-hetero) is 1. The Labute approximate surface area is 112 Å². The number of ketones is 1. The Morgan fingerprint density at radius 3 is 2.72 bits per heavy atom. The Kier molecular flexibility index (Phi) is 2.86. The SMILES string of the molecule is Cc1ccc(Cl)c(OC2CC(=O)C23CCCC3)c1. The van der Waals surface area contributed by atoms with Crippen LogP contribution in [0.15, 0.2) is 18.2 Å². The first-order chi connectivity index (χ1) is 8.62. The number of ether oxygens (including phenoxy) is 1. The average molecular weight is 265 g/mol. The molecule has 1 unspecified atom stereocenters. The summed E-state index contributed by atoms with van der Waals surface area (Å²) < 4.78 is 6.02. The van der Waals surface area contributed by atoms with Gasteiger partial charge in [-0.1, -0.05) is 30.5 Å². The normalized spacial score (nSPS) is 25.2. The van der Waals surface area contributed by atoms with Gasteiger partial charge in [0, 0.05) is 6.42 Å². The molecule has 0 N–H and O–H groups in total. The van der Waals surface area contributed by atoms with E-state index in [-0.39, 0.29) is 11.5 Å². The maximum absolute atomic E-state index is 11.9. The zero-order valence-corrected chi connectivity index (χ0v) is 11.3. The molecular weight excluding hydrogens is 248 g/mol. The van der Waals surface area contributed by atoms with E-state index in [2.05, 4.69) is 0 Å². The summed E-state index contributed by atoms with van der Waals surface area (Å²) >= 11 is 6.14. The third-order valence-corrected chi connectivity index (χ3v) is 4.71. The quantitative estimate of drug-likeness (QED) is 0.809. The number of rotatable bonds is 2. The fourth-order valence-electron chi connectivity index (χ4n) is 3.23. The Hall–Kier alpha value is -1.02. The number of carbonyl (C=O) groups is 1. The largest absolute Gasteiger partial charge is 0.487 e. The van der Waals surface area contributed by atoms with E-state index in [0.717, 1.165) is 37.0 Å². The van der Waals surface area contributed by atoms with E-state index in [1.807, 2.05) is 25.1 Å². The summed E-state index contributed by atoms with van der Waals surface area (Å²) in [6, 6.07) is 5.77. The maximum atomic E-state index is 11.9. The third-order valence-electron chi connectivity index (χ3n) is 4.39. The van der Waals surface area contributed by atoms with Crippen molar-refractivity contribution in [2.75, 3.05) is 0 Å². The molecule has 1 aromatic carbocycles. The Balaban J connectivity index is 1.81. The van der Waals surface area contributed by atoms with Crippen LogP contribution in [-0.4, -0.2) is 11.9 Å². The van der Waals surface area contributed by atoms with Crippen LogP contribution in [0.2, 0.25) is 5.02 Å². The summed E-state index contributed by atoms with van der Waals surface area (Å²) in [6.07, 6.45) is 4.84. The molecule has 96 valence electrons.